The molecule has 4 aliphatic carbocycles. The third kappa shape index (κ3) is 9.17. The van der Waals surface area contributed by atoms with Gasteiger partial charge < -0.3 is 4.43 Å². The van der Waals surface area contributed by atoms with E-state index in [0.717, 1.165) is 18.4 Å². The van der Waals surface area contributed by atoms with Gasteiger partial charge in [0.1, 0.15) is 0 Å². The normalized spacial score (nSPS) is 22.9. The van der Waals surface area contributed by atoms with Crippen molar-refractivity contribution in [3.8, 4) is 0 Å². The Morgan fingerprint density at radius 1 is 0.892 bits per heavy atom. The summed E-state index contributed by atoms with van der Waals surface area (Å²) in [5.41, 5.74) is 5.99. The van der Waals surface area contributed by atoms with Crippen molar-refractivity contribution in [3.05, 3.63) is 133 Å². The van der Waals surface area contributed by atoms with Crippen LogP contribution in [0.1, 0.15) is 73.6 Å². The van der Waals surface area contributed by atoms with Crippen LogP contribution in [0.25, 0.3) is 0 Å². The van der Waals surface area contributed by atoms with E-state index in [1.807, 2.05) is 32.5 Å². The fraction of sp³-hybridized carbons (Fsp3) is 0.353. The SMILES string of the molecule is C1=CC2c3ccccc3[CH-]C2CC1.C1=CC2c3ccccc3[CH-]C2CC1.C=CC=CC.CCO[Si]C.[Zr+2]. The Hall–Kier alpha value is -1.80. The third-order valence-electron chi connectivity index (χ3n) is 7.06. The van der Waals surface area contributed by atoms with Crippen LogP contribution in [0.15, 0.2) is 97.6 Å². The minimum Gasteiger partial charge on any atom is -0.418 e. The van der Waals surface area contributed by atoms with Gasteiger partial charge in [0.25, 0.3) is 0 Å². The second-order valence-electron chi connectivity index (χ2n) is 9.38. The van der Waals surface area contributed by atoms with Gasteiger partial charge in [0.05, 0.1) is 0 Å². The molecule has 192 valence electrons. The van der Waals surface area contributed by atoms with Crippen LogP contribution in [-0.2, 0) is 30.6 Å². The first-order valence-electron chi connectivity index (χ1n) is 13.5. The van der Waals surface area contributed by atoms with Crippen molar-refractivity contribution in [2.45, 2.75) is 57.9 Å². The Morgan fingerprint density at radius 3 is 1.73 bits per heavy atom. The molecule has 6 rings (SSSR count). The van der Waals surface area contributed by atoms with Gasteiger partial charge in [0.2, 0.25) is 9.76 Å². The second kappa shape index (κ2) is 17.7. The van der Waals surface area contributed by atoms with Crippen molar-refractivity contribution < 1.29 is 30.6 Å². The summed E-state index contributed by atoms with van der Waals surface area (Å²) in [4.78, 5) is 0. The number of hydrogen-bond donors (Lipinski definition) is 0. The van der Waals surface area contributed by atoms with Crippen LogP contribution in [-0.4, -0.2) is 16.4 Å². The summed E-state index contributed by atoms with van der Waals surface area (Å²) in [6, 6.07) is 17.6. The van der Waals surface area contributed by atoms with E-state index in [4.69, 9.17) is 4.43 Å². The van der Waals surface area contributed by atoms with Crippen LogP contribution in [0.5, 0.6) is 0 Å². The number of allylic oxidation sites excluding steroid dienone is 7. The molecule has 4 aliphatic rings. The van der Waals surface area contributed by atoms with Crippen LogP contribution in [0.4, 0.5) is 0 Å². The minimum absolute atomic E-state index is 0. The van der Waals surface area contributed by atoms with Crippen LogP contribution < -0.4 is 0 Å². The van der Waals surface area contributed by atoms with Crippen LogP contribution >= 0.6 is 0 Å². The fourth-order valence-electron chi connectivity index (χ4n) is 5.42. The molecule has 4 unspecified atom stereocenters. The van der Waals surface area contributed by atoms with Crippen molar-refractivity contribution in [1.82, 2.24) is 0 Å². The third-order valence-corrected chi connectivity index (χ3v) is 7.63. The first-order valence-corrected chi connectivity index (χ1v) is 14.9. The molecule has 0 fully saturated rings. The first kappa shape index (κ1) is 31.4. The molecule has 2 radical (unpaired) electrons. The maximum Gasteiger partial charge on any atom is 2.00 e. The van der Waals surface area contributed by atoms with E-state index in [9.17, 15) is 0 Å². The zero-order chi connectivity index (χ0) is 25.6. The van der Waals surface area contributed by atoms with Gasteiger partial charge in [-0.2, -0.15) is 36.1 Å². The van der Waals surface area contributed by atoms with Gasteiger partial charge in [-0.15, -0.1) is 35.4 Å². The van der Waals surface area contributed by atoms with Crippen molar-refractivity contribution in [2.24, 2.45) is 11.8 Å². The Bertz CT molecular complexity index is 950. The topological polar surface area (TPSA) is 9.23 Å². The van der Waals surface area contributed by atoms with E-state index in [1.54, 1.807) is 6.08 Å². The molecule has 0 spiro atoms. The Morgan fingerprint density at radius 2 is 1.38 bits per heavy atom. The molecule has 0 saturated carbocycles. The Balaban J connectivity index is 0.000000190. The second-order valence-corrected chi connectivity index (χ2v) is 10.1. The van der Waals surface area contributed by atoms with Gasteiger partial charge in [-0.25, -0.2) is 0 Å². The first-order chi connectivity index (χ1) is 17.7. The van der Waals surface area contributed by atoms with Gasteiger partial charge in [-0.05, 0) is 45.1 Å². The smallest absolute Gasteiger partial charge is 0.418 e. The van der Waals surface area contributed by atoms with E-state index in [0.29, 0.717) is 21.6 Å². The number of benzene rings is 2. The predicted octanol–water partition coefficient (Wildman–Crippen LogP) is 9.04. The maximum atomic E-state index is 4.86. The Labute approximate surface area is 248 Å². The molecule has 0 aromatic heterocycles. The summed E-state index contributed by atoms with van der Waals surface area (Å²) in [6.07, 6.45) is 25.1. The molecule has 2 aromatic carbocycles. The standard InChI is InChI=1S/2C13H13.C5H8.C3H8OSi.Zr/c2*1-3-7-12-10(5-1)9-11-6-2-4-8-13(11)12;1-3-5-4-2;1-3-4-5-2;/h2*1,3-5,7-9,11,13H,2,6H2;3-5H,1H2,2H3;3H2,1-2H3;/q2*-1;;;+2. The van der Waals surface area contributed by atoms with Crippen molar-refractivity contribution in [1.29, 1.82) is 0 Å². The molecular weight excluding hydrogens is 544 g/mol. The van der Waals surface area contributed by atoms with Gasteiger partial charge in [0, 0.05) is 6.61 Å². The number of hydrogen-bond acceptors (Lipinski definition) is 1. The maximum absolute atomic E-state index is 4.86. The molecule has 2 aromatic rings. The monoisotopic (exact) mass is 584 g/mol. The van der Waals surface area contributed by atoms with Gasteiger partial charge in [-0.3, -0.25) is 0 Å². The summed E-state index contributed by atoms with van der Waals surface area (Å²) < 4.78 is 4.86. The van der Waals surface area contributed by atoms with E-state index in [-0.39, 0.29) is 26.2 Å². The van der Waals surface area contributed by atoms with Crippen molar-refractivity contribution in [3.63, 3.8) is 0 Å². The summed E-state index contributed by atoms with van der Waals surface area (Å²) in [6.45, 7) is 10.3. The predicted molar refractivity (Wildman–Crippen MR) is 157 cm³/mol. The molecule has 37 heavy (non-hydrogen) atoms. The summed E-state index contributed by atoms with van der Waals surface area (Å²) in [5, 5.41) is 0. The zero-order valence-electron chi connectivity index (χ0n) is 22.8. The summed E-state index contributed by atoms with van der Waals surface area (Å²) >= 11 is 0. The van der Waals surface area contributed by atoms with E-state index in [2.05, 4.69) is 92.3 Å². The molecule has 4 atom stereocenters. The molecule has 0 amide bonds. The van der Waals surface area contributed by atoms with Crippen LogP contribution in [0.3, 0.4) is 0 Å². The quantitative estimate of drug-likeness (QED) is 0.151. The van der Waals surface area contributed by atoms with Crippen molar-refractivity contribution in [2.75, 3.05) is 6.61 Å². The molecule has 0 heterocycles. The molecule has 0 bridgehead atoms. The van der Waals surface area contributed by atoms with Crippen LogP contribution in [0.2, 0.25) is 6.55 Å². The van der Waals surface area contributed by atoms with Crippen molar-refractivity contribution >= 4 is 9.76 Å². The zero-order valence-corrected chi connectivity index (χ0v) is 26.2. The average Bonchev–Trinajstić information content (AvgIpc) is 3.49. The van der Waals surface area contributed by atoms with Gasteiger partial charge in [-0.1, -0.05) is 85.9 Å². The van der Waals surface area contributed by atoms with E-state index >= 15 is 0 Å². The molecule has 0 N–H and O–H groups in total. The summed E-state index contributed by atoms with van der Waals surface area (Å²) in [7, 11) is 0.658. The average molecular weight is 586 g/mol. The minimum atomic E-state index is 0. The number of fused-ring (bicyclic) bond motifs is 6. The van der Waals surface area contributed by atoms with E-state index < -0.39 is 0 Å². The Kier molecular flexibility index (Phi) is 15.0. The van der Waals surface area contributed by atoms with Gasteiger partial charge in [0.15, 0.2) is 0 Å². The molecular formula is C34H42OSiZr. The molecule has 0 aliphatic heterocycles. The molecule has 3 heteroatoms. The summed E-state index contributed by atoms with van der Waals surface area (Å²) in [5.74, 6) is 2.93. The molecule has 0 saturated heterocycles. The fourth-order valence-corrected chi connectivity index (χ4v) is 5.71. The van der Waals surface area contributed by atoms with Gasteiger partial charge >= 0.3 is 26.2 Å². The van der Waals surface area contributed by atoms with E-state index in [1.165, 1.54) is 47.9 Å². The molecule has 1 nitrogen and oxygen atoms in total. The number of rotatable bonds is 3. The largest absolute Gasteiger partial charge is 2.00 e. The van der Waals surface area contributed by atoms with Crippen LogP contribution in [0, 0.1) is 24.7 Å².